The van der Waals surface area contributed by atoms with Gasteiger partial charge in [-0.15, -0.1) is 0 Å². The molecule has 3 aromatic carbocycles. The van der Waals surface area contributed by atoms with Crippen molar-refractivity contribution in [2.24, 2.45) is 4.99 Å². The normalized spacial score (nSPS) is 15.5. The third-order valence-corrected chi connectivity index (χ3v) is 7.16. The summed E-state index contributed by atoms with van der Waals surface area (Å²) in [5.74, 6) is 0.253. The molecule has 0 bridgehead atoms. The van der Waals surface area contributed by atoms with Crippen LogP contribution in [0.4, 0.5) is 0 Å². The number of esters is 1. The number of ether oxygens (including phenoxy) is 2. The number of rotatable bonds is 5. The number of carbonyl (C=O) groups excluding carboxylic acids is 1. The second-order valence-electron chi connectivity index (χ2n) is 8.26. The molecule has 0 saturated heterocycles. The molecule has 1 aliphatic heterocycles. The molecule has 1 aliphatic rings. The molecule has 0 amide bonds. The Morgan fingerprint density at radius 3 is 2.56 bits per heavy atom. The molecule has 4 aromatic rings. The van der Waals surface area contributed by atoms with Crippen molar-refractivity contribution in [1.29, 1.82) is 0 Å². The monoisotopic (exact) mass is 500 g/mol. The third-order valence-electron chi connectivity index (χ3n) is 6.17. The topological polar surface area (TPSA) is 90.1 Å². The molecule has 5 rings (SSSR count). The number of hydrogen-bond donors (Lipinski definition) is 1. The van der Waals surface area contributed by atoms with Crippen LogP contribution in [0.2, 0.25) is 0 Å². The average Bonchev–Trinajstić information content (AvgIpc) is 3.18. The van der Waals surface area contributed by atoms with Gasteiger partial charge in [0, 0.05) is 10.9 Å². The van der Waals surface area contributed by atoms with Gasteiger partial charge < -0.3 is 14.6 Å². The van der Waals surface area contributed by atoms with Crippen LogP contribution in [0.1, 0.15) is 31.0 Å². The van der Waals surface area contributed by atoms with E-state index >= 15 is 0 Å². The summed E-state index contributed by atoms with van der Waals surface area (Å²) in [5, 5.41) is 12.0. The van der Waals surface area contributed by atoms with E-state index in [-0.39, 0.29) is 17.9 Å². The van der Waals surface area contributed by atoms with E-state index in [0.717, 1.165) is 16.3 Å². The number of benzene rings is 3. The lowest BCUT2D eigenvalue weighted by Gasteiger charge is -2.26. The molecular formula is C28H24N2O5S. The first-order valence-electron chi connectivity index (χ1n) is 11.5. The maximum atomic E-state index is 13.8. The average molecular weight is 501 g/mol. The van der Waals surface area contributed by atoms with Gasteiger partial charge in [0.2, 0.25) is 0 Å². The number of para-hydroxylation sites is 1. The highest BCUT2D eigenvalue weighted by Gasteiger charge is 2.34. The number of methoxy groups -OCH3 is 1. The zero-order valence-electron chi connectivity index (χ0n) is 20.0. The number of fused-ring (bicyclic) bond motifs is 2. The quantitative estimate of drug-likeness (QED) is 0.423. The van der Waals surface area contributed by atoms with Gasteiger partial charge in [0.05, 0.1) is 35.6 Å². The molecule has 1 N–H and O–H groups in total. The van der Waals surface area contributed by atoms with Gasteiger partial charge in [0.1, 0.15) is 11.5 Å². The number of allylic oxidation sites excluding steroid dienone is 1. The Labute approximate surface area is 210 Å². The van der Waals surface area contributed by atoms with Gasteiger partial charge in [-0.1, -0.05) is 59.9 Å². The number of phenolic OH excluding ortho intramolecular Hbond substituents is 1. The zero-order chi connectivity index (χ0) is 25.4. The van der Waals surface area contributed by atoms with Crippen LogP contribution in [0.25, 0.3) is 16.8 Å². The highest BCUT2D eigenvalue weighted by molar-refractivity contribution is 7.07. The molecule has 182 valence electrons. The Bertz CT molecular complexity index is 1710. The van der Waals surface area contributed by atoms with Gasteiger partial charge in [-0.05, 0) is 43.0 Å². The van der Waals surface area contributed by atoms with Crippen molar-refractivity contribution in [1.82, 2.24) is 4.57 Å². The highest BCUT2D eigenvalue weighted by atomic mass is 32.1. The number of thiazole rings is 1. The third kappa shape index (κ3) is 3.89. The van der Waals surface area contributed by atoms with E-state index in [1.807, 2.05) is 36.4 Å². The minimum atomic E-state index is -0.748. The van der Waals surface area contributed by atoms with Crippen LogP contribution >= 0.6 is 11.3 Å². The largest absolute Gasteiger partial charge is 0.507 e. The smallest absolute Gasteiger partial charge is 0.338 e. The maximum absolute atomic E-state index is 13.8. The van der Waals surface area contributed by atoms with Crippen molar-refractivity contribution in [3.63, 3.8) is 0 Å². The molecule has 0 saturated carbocycles. The van der Waals surface area contributed by atoms with Gasteiger partial charge in [-0.25, -0.2) is 9.79 Å². The van der Waals surface area contributed by atoms with Gasteiger partial charge in [-0.3, -0.25) is 9.36 Å². The van der Waals surface area contributed by atoms with Crippen molar-refractivity contribution in [3.05, 3.63) is 103 Å². The summed E-state index contributed by atoms with van der Waals surface area (Å²) in [4.78, 5) is 32.1. The van der Waals surface area contributed by atoms with Crippen LogP contribution in [-0.4, -0.2) is 29.4 Å². The molecule has 0 aliphatic carbocycles. The zero-order valence-corrected chi connectivity index (χ0v) is 20.8. The van der Waals surface area contributed by atoms with Crippen LogP contribution in [0, 0.1) is 0 Å². The molecule has 1 atom stereocenters. The molecule has 1 unspecified atom stereocenters. The van der Waals surface area contributed by atoms with Crippen LogP contribution in [0.15, 0.2) is 81.7 Å². The Hall–Kier alpha value is -4.17. The predicted octanol–water partition coefficient (Wildman–Crippen LogP) is 3.67. The minimum Gasteiger partial charge on any atom is -0.507 e. The van der Waals surface area contributed by atoms with E-state index in [1.54, 1.807) is 55.9 Å². The lowest BCUT2D eigenvalue weighted by molar-refractivity contribution is -0.139. The van der Waals surface area contributed by atoms with Crippen LogP contribution in [0.3, 0.4) is 0 Å². The first-order valence-corrected chi connectivity index (χ1v) is 12.3. The predicted molar refractivity (Wildman–Crippen MR) is 139 cm³/mol. The summed E-state index contributed by atoms with van der Waals surface area (Å²) in [6, 6.07) is 17.5. The van der Waals surface area contributed by atoms with Crippen molar-refractivity contribution < 1.29 is 19.4 Å². The van der Waals surface area contributed by atoms with Crippen molar-refractivity contribution in [2.75, 3.05) is 13.7 Å². The number of carbonyl (C=O) groups is 1. The number of aromatic hydroxyl groups is 1. The van der Waals surface area contributed by atoms with Crippen LogP contribution in [0.5, 0.6) is 11.5 Å². The minimum absolute atomic E-state index is 0.0735. The van der Waals surface area contributed by atoms with E-state index in [4.69, 9.17) is 9.47 Å². The Morgan fingerprint density at radius 2 is 1.83 bits per heavy atom. The lowest BCUT2D eigenvalue weighted by Crippen LogP contribution is -2.40. The molecule has 0 fully saturated rings. The van der Waals surface area contributed by atoms with E-state index < -0.39 is 12.0 Å². The van der Waals surface area contributed by atoms with E-state index in [1.165, 1.54) is 11.3 Å². The lowest BCUT2D eigenvalue weighted by atomic mass is 9.91. The Balaban J connectivity index is 1.83. The van der Waals surface area contributed by atoms with Crippen molar-refractivity contribution >= 4 is 34.2 Å². The van der Waals surface area contributed by atoms with Crippen LogP contribution < -0.4 is 19.6 Å². The molecule has 36 heavy (non-hydrogen) atoms. The molecule has 7 nitrogen and oxygen atoms in total. The summed E-state index contributed by atoms with van der Waals surface area (Å²) >= 11 is 1.21. The van der Waals surface area contributed by atoms with Crippen molar-refractivity contribution in [2.45, 2.75) is 19.9 Å². The summed E-state index contributed by atoms with van der Waals surface area (Å²) in [5.41, 5.74) is 1.79. The fourth-order valence-corrected chi connectivity index (χ4v) is 5.59. The number of hydrogen-bond acceptors (Lipinski definition) is 7. The van der Waals surface area contributed by atoms with E-state index in [0.29, 0.717) is 31.9 Å². The molecule has 0 spiro atoms. The SMILES string of the molecule is CCOC(=O)C1=C(C)N=c2s/c(=C/c3ccccc3O)c(=O)n2C1c1ccc(OC)c2ccccc12. The summed E-state index contributed by atoms with van der Waals surface area (Å²) in [6.07, 6.45) is 1.64. The second-order valence-corrected chi connectivity index (χ2v) is 9.27. The molecule has 2 heterocycles. The first-order chi connectivity index (χ1) is 17.4. The van der Waals surface area contributed by atoms with E-state index in [9.17, 15) is 14.7 Å². The van der Waals surface area contributed by atoms with Crippen LogP contribution in [-0.2, 0) is 9.53 Å². The fourth-order valence-electron chi connectivity index (χ4n) is 4.55. The standard InChI is InChI=1S/C28H24N2O5S/c1-4-35-27(33)24-16(2)29-28-30(26(32)23(36-28)15-17-9-5-8-12-21(17)31)25(24)20-13-14-22(34-3)19-11-7-6-10-18(19)20/h5-15,25,31H,4H2,1-3H3/b23-15+. The Morgan fingerprint density at radius 1 is 1.11 bits per heavy atom. The molecule has 0 radical (unpaired) electrons. The summed E-state index contributed by atoms with van der Waals surface area (Å²) < 4.78 is 12.9. The highest BCUT2D eigenvalue weighted by Crippen LogP contribution is 2.37. The maximum Gasteiger partial charge on any atom is 0.338 e. The van der Waals surface area contributed by atoms with Crippen molar-refractivity contribution in [3.8, 4) is 11.5 Å². The first kappa shape index (κ1) is 23.6. The second kappa shape index (κ2) is 9.47. The van der Waals surface area contributed by atoms with Gasteiger partial charge in [0.15, 0.2) is 4.80 Å². The molecule has 8 heteroatoms. The number of phenols is 1. The number of nitrogens with zero attached hydrogens (tertiary/aromatic N) is 2. The van der Waals surface area contributed by atoms with E-state index in [2.05, 4.69) is 4.99 Å². The Kier molecular flexibility index (Phi) is 6.20. The summed E-state index contributed by atoms with van der Waals surface area (Å²) in [7, 11) is 1.61. The fraction of sp³-hybridized carbons (Fsp3) is 0.179. The number of aromatic nitrogens is 1. The molecular weight excluding hydrogens is 476 g/mol. The van der Waals surface area contributed by atoms with Gasteiger partial charge >= 0.3 is 5.97 Å². The molecule has 1 aromatic heterocycles. The summed E-state index contributed by atoms with van der Waals surface area (Å²) in [6.45, 7) is 3.70. The van der Waals surface area contributed by atoms with Gasteiger partial charge in [0.25, 0.3) is 5.56 Å². The van der Waals surface area contributed by atoms with Gasteiger partial charge in [-0.2, -0.15) is 0 Å².